The maximum atomic E-state index is 12.6. The molecule has 28 heavy (non-hydrogen) atoms. The number of hydrogen-bond acceptors (Lipinski definition) is 4. The van der Waals surface area contributed by atoms with Gasteiger partial charge in [-0.15, -0.1) is 6.58 Å². The topological polar surface area (TPSA) is 90.4 Å². The summed E-state index contributed by atoms with van der Waals surface area (Å²) in [5, 5.41) is 21.5. The van der Waals surface area contributed by atoms with Crippen molar-refractivity contribution < 1.29 is 9.90 Å². The Morgan fingerprint density at radius 2 is 2.25 bits per heavy atom. The molecule has 1 aliphatic rings. The van der Waals surface area contributed by atoms with E-state index in [1.54, 1.807) is 12.1 Å². The van der Waals surface area contributed by atoms with Crippen molar-refractivity contribution in [1.82, 2.24) is 15.6 Å². The second-order valence-electron chi connectivity index (χ2n) is 8.38. The lowest BCUT2D eigenvalue weighted by Gasteiger charge is -2.33. The van der Waals surface area contributed by atoms with E-state index in [-0.39, 0.29) is 17.1 Å². The molecule has 1 aromatic heterocycles. The zero-order chi connectivity index (χ0) is 20.3. The summed E-state index contributed by atoms with van der Waals surface area (Å²) < 4.78 is 0. The monoisotopic (exact) mass is 380 g/mol. The van der Waals surface area contributed by atoms with Crippen molar-refractivity contribution >= 4 is 12.1 Å². The van der Waals surface area contributed by atoms with Gasteiger partial charge in [0, 0.05) is 16.8 Å². The normalized spacial score (nSPS) is 16.8. The number of benzene rings is 1. The van der Waals surface area contributed by atoms with E-state index in [0.717, 1.165) is 36.1 Å². The van der Waals surface area contributed by atoms with E-state index in [2.05, 4.69) is 48.1 Å². The van der Waals surface area contributed by atoms with Crippen LogP contribution < -0.4 is 5.43 Å². The molecule has 0 bridgehead atoms. The molecule has 0 fully saturated rings. The van der Waals surface area contributed by atoms with E-state index in [9.17, 15) is 9.90 Å². The van der Waals surface area contributed by atoms with Gasteiger partial charge in [-0.05, 0) is 48.6 Å². The maximum Gasteiger partial charge on any atom is 0.292 e. The molecule has 6 nitrogen and oxygen atoms in total. The van der Waals surface area contributed by atoms with Crippen LogP contribution in [0.3, 0.4) is 0 Å². The van der Waals surface area contributed by atoms with E-state index in [1.165, 1.54) is 6.21 Å². The number of aryl methyl sites for hydroxylation is 1. The molecule has 0 radical (unpaired) electrons. The number of nitrogens with zero attached hydrogens (tertiary/aromatic N) is 2. The number of carbonyl (C=O) groups is 1. The molecular weight excluding hydrogens is 352 g/mol. The van der Waals surface area contributed by atoms with E-state index in [1.807, 2.05) is 12.1 Å². The number of carbonyl (C=O) groups excluding carboxylic acids is 1. The van der Waals surface area contributed by atoms with Crippen LogP contribution in [0.1, 0.15) is 60.1 Å². The summed E-state index contributed by atoms with van der Waals surface area (Å²) in [6, 6.07) is 5.40. The van der Waals surface area contributed by atoms with E-state index in [4.69, 9.17) is 0 Å². The van der Waals surface area contributed by atoms with E-state index >= 15 is 0 Å². The lowest BCUT2D eigenvalue weighted by Crippen LogP contribution is -2.28. The standard InChI is InChI=1S/C22H28N4O2/c1-5-7-14-8-6-9-15(20(14)27)13-23-26-21(28)19-17-12-16(22(2,3)4)10-11-18(17)24-25-19/h5-6,8-9,13,16,27H,1,7,10-12H2,2-4H3,(H,24,25)(H,26,28). The highest BCUT2D eigenvalue weighted by atomic mass is 16.3. The number of allylic oxidation sites excluding steroid dienone is 1. The zero-order valence-electron chi connectivity index (χ0n) is 16.7. The molecule has 1 amide bonds. The molecule has 1 aliphatic carbocycles. The molecule has 0 saturated carbocycles. The van der Waals surface area contributed by atoms with Crippen molar-refractivity contribution in [1.29, 1.82) is 0 Å². The highest BCUT2D eigenvalue weighted by Crippen LogP contribution is 2.37. The van der Waals surface area contributed by atoms with Gasteiger partial charge in [0.1, 0.15) is 5.75 Å². The molecule has 0 aliphatic heterocycles. The summed E-state index contributed by atoms with van der Waals surface area (Å²) in [7, 11) is 0. The van der Waals surface area contributed by atoms with Crippen LogP contribution in [0.2, 0.25) is 0 Å². The Morgan fingerprint density at radius 3 is 2.96 bits per heavy atom. The summed E-state index contributed by atoms with van der Waals surface area (Å²) >= 11 is 0. The van der Waals surface area contributed by atoms with Gasteiger partial charge in [0.25, 0.3) is 5.91 Å². The first-order chi connectivity index (χ1) is 13.3. The Bertz CT molecular complexity index is 906. The number of aromatic hydroxyl groups is 1. The molecule has 1 unspecified atom stereocenters. The van der Waals surface area contributed by atoms with Crippen LogP contribution in [0.5, 0.6) is 5.75 Å². The summed E-state index contributed by atoms with van der Waals surface area (Å²) in [5.74, 6) is 0.313. The first-order valence-corrected chi connectivity index (χ1v) is 9.62. The third-order valence-corrected chi connectivity index (χ3v) is 5.47. The minimum Gasteiger partial charge on any atom is -0.507 e. The van der Waals surface area contributed by atoms with Crippen molar-refractivity contribution in [3.05, 3.63) is 58.9 Å². The van der Waals surface area contributed by atoms with Crippen LogP contribution in [0.15, 0.2) is 36.0 Å². The van der Waals surface area contributed by atoms with Gasteiger partial charge >= 0.3 is 0 Å². The minimum atomic E-state index is -0.343. The van der Waals surface area contributed by atoms with Crippen LogP contribution in [0.25, 0.3) is 0 Å². The van der Waals surface area contributed by atoms with Crippen LogP contribution in [-0.4, -0.2) is 27.4 Å². The van der Waals surface area contributed by atoms with Crippen molar-refractivity contribution in [2.45, 2.75) is 46.5 Å². The SMILES string of the molecule is C=CCc1cccc(C=NNC(=O)c2n[nH]c3c2CC(C(C)(C)C)CC3)c1O. The molecule has 3 rings (SSSR count). The molecular formula is C22H28N4O2. The number of aromatic amines is 1. The quantitative estimate of drug-likeness (QED) is 0.419. The summed E-state index contributed by atoms with van der Waals surface area (Å²) in [6.07, 6.45) is 6.57. The van der Waals surface area contributed by atoms with Crippen molar-refractivity contribution in [3.8, 4) is 5.75 Å². The molecule has 1 heterocycles. The zero-order valence-corrected chi connectivity index (χ0v) is 16.7. The smallest absolute Gasteiger partial charge is 0.292 e. The number of phenols is 1. The van der Waals surface area contributed by atoms with E-state index in [0.29, 0.717) is 23.6 Å². The first-order valence-electron chi connectivity index (χ1n) is 9.62. The summed E-state index contributed by atoms with van der Waals surface area (Å²) in [4.78, 5) is 12.6. The Kier molecular flexibility index (Phi) is 5.68. The fourth-order valence-corrected chi connectivity index (χ4v) is 3.67. The van der Waals surface area contributed by atoms with Gasteiger partial charge in [-0.3, -0.25) is 9.89 Å². The molecule has 1 atom stereocenters. The number of rotatable bonds is 5. The molecule has 2 aromatic rings. The van der Waals surface area contributed by atoms with Crippen LogP contribution in [0, 0.1) is 11.3 Å². The Balaban J connectivity index is 1.72. The molecule has 3 N–H and O–H groups in total. The number of nitrogens with one attached hydrogen (secondary N) is 2. The molecule has 0 spiro atoms. The lowest BCUT2D eigenvalue weighted by molar-refractivity contribution is 0.0948. The van der Waals surface area contributed by atoms with Gasteiger partial charge < -0.3 is 5.11 Å². The predicted octanol–water partition coefficient (Wildman–Crippen LogP) is 3.76. The fourth-order valence-electron chi connectivity index (χ4n) is 3.67. The Morgan fingerprint density at radius 1 is 1.46 bits per heavy atom. The molecule has 148 valence electrons. The fraction of sp³-hybridized carbons (Fsp3) is 0.409. The first kappa shape index (κ1) is 19.9. The number of aromatic nitrogens is 2. The van der Waals surface area contributed by atoms with Gasteiger partial charge in [-0.2, -0.15) is 10.2 Å². The number of phenolic OH excluding ortho intramolecular Hbond substituents is 1. The van der Waals surface area contributed by atoms with Crippen molar-refractivity contribution in [3.63, 3.8) is 0 Å². The number of para-hydroxylation sites is 1. The average molecular weight is 380 g/mol. The van der Waals surface area contributed by atoms with E-state index < -0.39 is 0 Å². The summed E-state index contributed by atoms with van der Waals surface area (Å²) in [6.45, 7) is 10.4. The second-order valence-corrected chi connectivity index (χ2v) is 8.38. The minimum absolute atomic E-state index is 0.144. The van der Waals surface area contributed by atoms with Crippen LogP contribution >= 0.6 is 0 Å². The lowest BCUT2D eigenvalue weighted by atomic mass is 9.71. The number of hydrogen-bond donors (Lipinski definition) is 3. The largest absolute Gasteiger partial charge is 0.507 e. The highest BCUT2D eigenvalue weighted by molar-refractivity contribution is 5.95. The summed E-state index contributed by atoms with van der Waals surface area (Å²) in [5.41, 5.74) is 6.47. The van der Waals surface area contributed by atoms with Gasteiger partial charge in [0.15, 0.2) is 5.69 Å². The van der Waals surface area contributed by atoms with Gasteiger partial charge in [-0.25, -0.2) is 5.43 Å². The maximum absolute atomic E-state index is 12.6. The predicted molar refractivity (Wildman–Crippen MR) is 111 cm³/mol. The molecule has 0 saturated heterocycles. The van der Waals surface area contributed by atoms with Crippen LogP contribution in [-0.2, 0) is 19.3 Å². The number of H-pyrrole nitrogens is 1. The average Bonchev–Trinajstić information content (AvgIpc) is 3.07. The number of amides is 1. The van der Waals surface area contributed by atoms with Crippen molar-refractivity contribution in [2.24, 2.45) is 16.4 Å². The van der Waals surface area contributed by atoms with Gasteiger partial charge in [0.05, 0.1) is 6.21 Å². The van der Waals surface area contributed by atoms with Crippen molar-refractivity contribution in [2.75, 3.05) is 0 Å². The number of hydrazone groups is 1. The van der Waals surface area contributed by atoms with Gasteiger partial charge in [-0.1, -0.05) is 39.0 Å². The highest BCUT2D eigenvalue weighted by Gasteiger charge is 2.32. The van der Waals surface area contributed by atoms with Gasteiger partial charge in [0.2, 0.25) is 0 Å². The Labute approximate surface area is 165 Å². The third kappa shape index (κ3) is 4.16. The Hall–Kier alpha value is -2.89. The molecule has 6 heteroatoms. The number of fused-ring (bicyclic) bond motifs is 1. The second kappa shape index (κ2) is 8.00. The molecule has 1 aromatic carbocycles. The third-order valence-electron chi connectivity index (χ3n) is 5.47. The van der Waals surface area contributed by atoms with Crippen LogP contribution in [0.4, 0.5) is 0 Å².